The second-order valence-electron chi connectivity index (χ2n) is 3.95. The third-order valence-electron chi connectivity index (χ3n) is 2.48. The van der Waals surface area contributed by atoms with Crippen molar-refractivity contribution in [3.05, 3.63) is 53.6 Å². The van der Waals surface area contributed by atoms with E-state index in [4.69, 9.17) is 10.00 Å². The lowest BCUT2D eigenvalue weighted by atomic mass is 10.2. The van der Waals surface area contributed by atoms with Crippen LogP contribution in [-0.2, 0) is 0 Å². The Morgan fingerprint density at radius 1 is 1.32 bits per heavy atom. The van der Waals surface area contributed by atoms with Crippen LogP contribution in [0.3, 0.4) is 0 Å². The molecule has 0 aliphatic rings. The minimum Gasteiger partial charge on any atom is -0.456 e. The van der Waals surface area contributed by atoms with E-state index in [1.165, 1.54) is 18.3 Å². The van der Waals surface area contributed by atoms with Gasteiger partial charge in [0.25, 0.3) is 0 Å². The molecule has 96 valence electrons. The molecule has 0 fully saturated rings. The summed E-state index contributed by atoms with van der Waals surface area (Å²) in [5.41, 5.74) is 0.494. The quantitative estimate of drug-likeness (QED) is 0.919. The van der Waals surface area contributed by atoms with Gasteiger partial charge < -0.3 is 9.84 Å². The van der Waals surface area contributed by atoms with E-state index in [1.807, 2.05) is 0 Å². The Kier molecular flexibility index (Phi) is 3.74. The average molecular weight is 258 g/mol. The van der Waals surface area contributed by atoms with Crippen LogP contribution in [0.2, 0.25) is 0 Å². The van der Waals surface area contributed by atoms with E-state index in [2.05, 4.69) is 4.98 Å². The molecule has 2 rings (SSSR count). The first-order chi connectivity index (χ1) is 9.10. The number of nitrogens with zero attached hydrogens (tertiary/aromatic N) is 2. The van der Waals surface area contributed by atoms with Gasteiger partial charge in [0, 0.05) is 6.07 Å². The Balaban J connectivity index is 2.17. The van der Waals surface area contributed by atoms with E-state index in [-0.39, 0.29) is 11.3 Å². The molecule has 0 amide bonds. The van der Waals surface area contributed by atoms with Gasteiger partial charge in [-0.1, -0.05) is 0 Å². The number of aliphatic hydroxyl groups excluding tert-OH is 1. The number of benzene rings is 1. The Labute approximate surface area is 109 Å². The van der Waals surface area contributed by atoms with Crippen LogP contribution >= 0.6 is 0 Å². The number of hydrogen-bond acceptors (Lipinski definition) is 4. The van der Waals surface area contributed by atoms with Gasteiger partial charge >= 0.3 is 0 Å². The first-order valence-corrected chi connectivity index (χ1v) is 5.61. The topological polar surface area (TPSA) is 66.1 Å². The van der Waals surface area contributed by atoms with Gasteiger partial charge in [-0.25, -0.2) is 4.39 Å². The summed E-state index contributed by atoms with van der Waals surface area (Å²) < 4.78 is 18.8. The molecule has 2 aromatic rings. The highest BCUT2D eigenvalue weighted by Crippen LogP contribution is 2.23. The fourth-order valence-corrected chi connectivity index (χ4v) is 1.49. The van der Waals surface area contributed by atoms with Crippen LogP contribution in [0.15, 0.2) is 36.5 Å². The molecule has 1 aromatic heterocycles. The zero-order valence-corrected chi connectivity index (χ0v) is 10.2. The van der Waals surface area contributed by atoms with Crippen LogP contribution in [-0.4, -0.2) is 10.1 Å². The van der Waals surface area contributed by atoms with Crippen molar-refractivity contribution >= 4 is 0 Å². The zero-order valence-electron chi connectivity index (χ0n) is 10.2. The summed E-state index contributed by atoms with van der Waals surface area (Å²) in [5, 5.41) is 17.9. The zero-order chi connectivity index (χ0) is 13.8. The fraction of sp³-hybridized carbons (Fsp3) is 0.143. The largest absolute Gasteiger partial charge is 0.456 e. The van der Waals surface area contributed by atoms with Crippen LogP contribution in [0.4, 0.5) is 4.39 Å². The second kappa shape index (κ2) is 5.46. The molecule has 19 heavy (non-hydrogen) atoms. The average Bonchev–Trinajstić information content (AvgIpc) is 2.39. The Morgan fingerprint density at radius 3 is 2.58 bits per heavy atom. The lowest BCUT2D eigenvalue weighted by Gasteiger charge is -2.07. The highest BCUT2D eigenvalue weighted by molar-refractivity contribution is 5.38. The van der Waals surface area contributed by atoms with Crippen molar-refractivity contribution in [2.45, 2.75) is 13.0 Å². The van der Waals surface area contributed by atoms with Crippen molar-refractivity contribution in [1.29, 1.82) is 5.26 Å². The molecule has 1 unspecified atom stereocenters. The van der Waals surface area contributed by atoms with Crippen LogP contribution in [0.5, 0.6) is 11.5 Å². The van der Waals surface area contributed by atoms with Crippen molar-refractivity contribution in [2.75, 3.05) is 0 Å². The number of hydrogen-bond donors (Lipinski definition) is 1. The SMILES string of the molecule is CC(O)c1ccc(Oc2ccc(C#N)c(F)c2)cn1. The summed E-state index contributed by atoms with van der Waals surface area (Å²) in [5.74, 6) is 0.0742. The number of ether oxygens (including phenoxy) is 1. The maximum atomic E-state index is 13.4. The fourth-order valence-electron chi connectivity index (χ4n) is 1.49. The number of pyridine rings is 1. The Bertz CT molecular complexity index is 618. The van der Waals surface area contributed by atoms with E-state index >= 15 is 0 Å². The van der Waals surface area contributed by atoms with Gasteiger partial charge in [0.05, 0.1) is 23.6 Å². The summed E-state index contributed by atoms with van der Waals surface area (Å²) in [6, 6.07) is 8.98. The summed E-state index contributed by atoms with van der Waals surface area (Å²) >= 11 is 0. The molecule has 4 nitrogen and oxygen atoms in total. The highest BCUT2D eigenvalue weighted by atomic mass is 19.1. The molecule has 5 heteroatoms. The molecule has 1 N–H and O–H groups in total. The van der Waals surface area contributed by atoms with Gasteiger partial charge in [-0.3, -0.25) is 4.98 Å². The number of nitriles is 1. The number of aliphatic hydroxyl groups is 1. The van der Waals surface area contributed by atoms with E-state index < -0.39 is 11.9 Å². The molecule has 1 atom stereocenters. The first kappa shape index (κ1) is 13.0. The number of rotatable bonds is 3. The number of halogens is 1. The van der Waals surface area contributed by atoms with E-state index in [0.717, 1.165) is 6.07 Å². The van der Waals surface area contributed by atoms with Crippen LogP contribution < -0.4 is 4.74 Å². The van der Waals surface area contributed by atoms with Crippen molar-refractivity contribution in [2.24, 2.45) is 0 Å². The van der Waals surface area contributed by atoms with Crippen molar-refractivity contribution in [1.82, 2.24) is 4.98 Å². The third kappa shape index (κ3) is 3.06. The monoisotopic (exact) mass is 258 g/mol. The molecule has 1 heterocycles. The van der Waals surface area contributed by atoms with Gasteiger partial charge in [-0.15, -0.1) is 0 Å². The minimum absolute atomic E-state index is 0.0325. The highest BCUT2D eigenvalue weighted by Gasteiger charge is 2.06. The molecule has 0 aliphatic heterocycles. The Hall–Kier alpha value is -2.45. The van der Waals surface area contributed by atoms with Gasteiger partial charge in [0.1, 0.15) is 23.4 Å². The molecule has 0 saturated heterocycles. The van der Waals surface area contributed by atoms with Crippen LogP contribution in [0.25, 0.3) is 0 Å². The van der Waals surface area contributed by atoms with E-state index in [0.29, 0.717) is 11.4 Å². The van der Waals surface area contributed by atoms with E-state index in [1.54, 1.807) is 25.1 Å². The smallest absolute Gasteiger partial charge is 0.145 e. The van der Waals surface area contributed by atoms with E-state index in [9.17, 15) is 9.50 Å². The van der Waals surface area contributed by atoms with Crippen molar-refractivity contribution < 1.29 is 14.2 Å². The molecular formula is C14H11FN2O2. The Morgan fingerprint density at radius 2 is 2.05 bits per heavy atom. The molecule has 0 aliphatic carbocycles. The summed E-state index contributed by atoms with van der Waals surface area (Å²) in [4.78, 5) is 4.01. The normalized spacial score (nSPS) is 11.7. The van der Waals surface area contributed by atoms with Crippen molar-refractivity contribution in [3.63, 3.8) is 0 Å². The molecule has 0 bridgehead atoms. The molecular weight excluding hydrogens is 247 g/mol. The molecule has 1 aromatic carbocycles. The first-order valence-electron chi connectivity index (χ1n) is 5.61. The molecule has 0 saturated carbocycles. The lowest BCUT2D eigenvalue weighted by molar-refractivity contribution is 0.194. The van der Waals surface area contributed by atoms with Gasteiger partial charge in [0.2, 0.25) is 0 Å². The second-order valence-corrected chi connectivity index (χ2v) is 3.95. The number of aromatic nitrogens is 1. The van der Waals surface area contributed by atoms with Gasteiger partial charge in [-0.2, -0.15) is 5.26 Å². The van der Waals surface area contributed by atoms with Gasteiger partial charge in [-0.05, 0) is 31.2 Å². The standard InChI is InChI=1S/C14H11FN2O2/c1-9(18)14-5-4-12(8-17-14)19-11-3-2-10(7-16)13(15)6-11/h2-6,8-9,18H,1H3. The maximum absolute atomic E-state index is 13.4. The summed E-state index contributed by atoms with van der Waals surface area (Å²) in [6.07, 6.45) is 0.791. The third-order valence-corrected chi connectivity index (χ3v) is 2.48. The lowest BCUT2D eigenvalue weighted by Crippen LogP contribution is -1.95. The van der Waals surface area contributed by atoms with Gasteiger partial charge in [0.15, 0.2) is 0 Å². The van der Waals surface area contributed by atoms with Crippen LogP contribution in [0, 0.1) is 17.1 Å². The van der Waals surface area contributed by atoms with Crippen molar-refractivity contribution in [3.8, 4) is 17.6 Å². The molecule has 0 spiro atoms. The predicted molar refractivity (Wildman–Crippen MR) is 66.1 cm³/mol. The predicted octanol–water partition coefficient (Wildman–Crippen LogP) is 2.94. The summed E-state index contributed by atoms with van der Waals surface area (Å²) in [6.45, 7) is 1.61. The van der Waals surface area contributed by atoms with Crippen LogP contribution in [0.1, 0.15) is 24.3 Å². The molecule has 0 radical (unpaired) electrons. The minimum atomic E-state index is -0.651. The summed E-state index contributed by atoms with van der Waals surface area (Å²) in [7, 11) is 0. The maximum Gasteiger partial charge on any atom is 0.145 e.